The largest absolute Gasteiger partial charge is 0.326 e. The Bertz CT molecular complexity index is 995. The van der Waals surface area contributed by atoms with Crippen LogP contribution in [-0.4, -0.2) is 41.5 Å². The van der Waals surface area contributed by atoms with Crippen LogP contribution in [0.15, 0.2) is 33.6 Å². The number of nitrogens with one attached hydrogen (secondary N) is 1. The molecule has 0 atom stereocenters. The molecule has 3 rings (SSSR count). The van der Waals surface area contributed by atoms with Crippen molar-refractivity contribution in [3.63, 3.8) is 0 Å². The molecule has 1 aliphatic rings. The van der Waals surface area contributed by atoms with Crippen molar-refractivity contribution in [1.82, 2.24) is 14.1 Å². The molecule has 0 saturated carbocycles. The first-order chi connectivity index (χ1) is 13.7. The minimum atomic E-state index is -3.57. The normalized spacial score (nSPS) is 16.1. The third-order valence-corrected chi connectivity index (χ3v) is 7.96. The Morgan fingerprint density at radius 1 is 1.28 bits per heavy atom. The molecule has 0 spiro atoms. The van der Waals surface area contributed by atoms with Crippen molar-refractivity contribution >= 4 is 37.5 Å². The number of carbonyl (C=O) groups excluding carboxylic acids is 1. The molecule has 1 aliphatic heterocycles. The highest BCUT2D eigenvalue weighted by atomic mass is 79.9. The average molecular weight is 483 g/mol. The van der Waals surface area contributed by atoms with Gasteiger partial charge in [0.15, 0.2) is 0 Å². The van der Waals surface area contributed by atoms with Crippen LogP contribution >= 0.6 is 15.9 Å². The van der Waals surface area contributed by atoms with Crippen LogP contribution < -0.4 is 5.32 Å². The topological polar surface area (TPSA) is 84.3 Å². The monoisotopic (exact) mass is 482 g/mol. The highest BCUT2D eigenvalue weighted by Crippen LogP contribution is 2.27. The fourth-order valence-corrected chi connectivity index (χ4v) is 5.86. The van der Waals surface area contributed by atoms with Crippen molar-refractivity contribution in [3.05, 3.63) is 40.1 Å². The Hall–Kier alpha value is -1.71. The van der Waals surface area contributed by atoms with Crippen LogP contribution in [0.4, 0.5) is 5.69 Å². The number of halogens is 1. The van der Waals surface area contributed by atoms with E-state index in [1.165, 1.54) is 0 Å². The summed E-state index contributed by atoms with van der Waals surface area (Å²) in [6.45, 7) is 7.03. The van der Waals surface area contributed by atoms with E-state index < -0.39 is 10.0 Å². The Kier molecular flexibility index (Phi) is 6.80. The molecule has 1 amide bonds. The highest BCUT2D eigenvalue weighted by Gasteiger charge is 2.32. The summed E-state index contributed by atoms with van der Waals surface area (Å²) in [5.41, 5.74) is 1.77. The van der Waals surface area contributed by atoms with Gasteiger partial charge in [-0.05, 0) is 50.8 Å². The van der Waals surface area contributed by atoms with E-state index in [4.69, 9.17) is 0 Å². The SMILES string of the molecule is Cc1nn(CCC(=O)Nc2cccc(Br)c2)c(C)c1S(=O)(=O)N1CCC(C)CC1. The van der Waals surface area contributed by atoms with Crippen LogP contribution in [0, 0.1) is 19.8 Å². The van der Waals surface area contributed by atoms with E-state index in [0.29, 0.717) is 42.6 Å². The predicted molar refractivity (Wildman–Crippen MR) is 116 cm³/mol. The van der Waals surface area contributed by atoms with E-state index in [9.17, 15) is 13.2 Å². The zero-order chi connectivity index (χ0) is 21.2. The number of amides is 1. The van der Waals surface area contributed by atoms with Gasteiger partial charge in [-0.25, -0.2) is 8.42 Å². The Labute approximate surface area is 180 Å². The summed E-state index contributed by atoms with van der Waals surface area (Å²) in [7, 11) is -3.57. The number of nitrogens with zero attached hydrogens (tertiary/aromatic N) is 3. The predicted octanol–water partition coefficient (Wildman–Crippen LogP) is 3.71. The molecule has 0 unspecified atom stereocenters. The second-order valence-corrected chi connectivity index (χ2v) is 10.4. The fourth-order valence-electron chi connectivity index (χ4n) is 3.62. The first kappa shape index (κ1) is 22.0. The van der Waals surface area contributed by atoms with E-state index >= 15 is 0 Å². The lowest BCUT2D eigenvalue weighted by Crippen LogP contribution is -2.38. The number of aryl methyl sites for hydroxylation is 2. The highest BCUT2D eigenvalue weighted by molar-refractivity contribution is 9.10. The Morgan fingerprint density at radius 3 is 2.62 bits per heavy atom. The summed E-state index contributed by atoms with van der Waals surface area (Å²) in [5.74, 6) is 0.403. The van der Waals surface area contributed by atoms with Gasteiger partial charge < -0.3 is 5.32 Å². The van der Waals surface area contributed by atoms with Crippen molar-refractivity contribution in [3.8, 4) is 0 Å². The van der Waals surface area contributed by atoms with Gasteiger partial charge in [0.25, 0.3) is 0 Å². The van der Waals surface area contributed by atoms with Crippen LogP contribution in [0.5, 0.6) is 0 Å². The maximum Gasteiger partial charge on any atom is 0.246 e. The lowest BCUT2D eigenvalue weighted by molar-refractivity contribution is -0.116. The molecule has 1 saturated heterocycles. The molecule has 1 fully saturated rings. The molecule has 2 heterocycles. The minimum Gasteiger partial charge on any atom is -0.326 e. The summed E-state index contributed by atoms with van der Waals surface area (Å²) in [6, 6.07) is 7.37. The number of benzene rings is 1. The number of sulfonamides is 1. The molecule has 1 N–H and O–H groups in total. The number of hydrogen-bond acceptors (Lipinski definition) is 4. The summed E-state index contributed by atoms with van der Waals surface area (Å²) >= 11 is 3.38. The van der Waals surface area contributed by atoms with Crippen LogP contribution in [0.2, 0.25) is 0 Å². The zero-order valence-electron chi connectivity index (χ0n) is 17.0. The van der Waals surface area contributed by atoms with E-state index in [-0.39, 0.29) is 17.2 Å². The lowest BCUT2D eigenvalue weighted by Gasteiger charge is -2.29. The quantitative estimate of drug-likeness (QED) is 0.679. The van der Waals surface area contributed by atoms with Crippen LogP contribution in [0.25, 0.3) is 0 Å². The van der Waals surface area contributed by atoms with Gasteiger partial charge in [0, 0.05) is 29.7 Å². The van der Waals surface area contributed by atoms with Crippen molar-refractivity contribution < 1.29 is 13.2 Å². The van der Waals surface area contributed by atoms with E-state index in [2.05, 4.69) is 33.3 Å². The van der Waals surface area contributed by atoms with Crippen LogP contribution in [0.1, 0.15) is 37.6 Å². The van der Waals surface area contributed by atoms with Gasteiger partial charge in [0.05, 0.1) is 17.9 Å². The molecule has 29 heavy (non-hydrogen) atoms. The molecule has 1 aromatic carbocycles. The first-order valence-electron chi connectivity index (χ1n) is 9.78. The number of hydrogen-bond donors (Lipinski definition) is 1. The third-order valence-electron chi connectivity index (χ3n) is 5.31. The molecule has 0 radical (unpaired) electrons. The number of anilines is 1. The van der Waals surface area contributed by atoms with Crippen LogP contribution in [0.3, 0.4) is 0 Å². The molecular weight excluding hydrogens is 456 g/mol. The number of piperidine rings is 1. The smallest absolute Gasteiger partial charge is 0.246 e. The number of carbonyl (C=O) groups is 1. The molecule has 0 aliphatic carbocycles. The number of rotatable bonds is 6. The fraction of sp³-hybridized carbons (Fsp3) is 0.500. The summed E-state index contributed by atoms with van der Waals surface area (Å²) in [5, 5.41) is 7.25. The van der Waals surface area contributed by atoms with Crippen molar-refractivity contribution in [2.45, 2.75) is 51.5 Å². The molecule has 9 heteroatoms. The first-order valence-corrected chi connectivity index (χ1v) is 12.0. The zero-order valence-corrected chi connectivity index (χ0v) is 19.4. The van der Waals surface area contributed by atoms with Gasteiger partial charge in [-0.15, -0.1) is 0 Å². The second kappa shape index (κ2) is 8.97. The van der Waals surface area contributed by atoms with Crippen molar-refractivity contribution in [2.75, 3.05) is 18.4 Å². The lowest BCUT2D eigenvalue weighted by atomic mass is 10.0. The van der Waals surface area contributed by atoms with Crippen molar-refractivity contribution in [1.29, 1.82) is 0 Å². The molecular formula is C20H27BrN4O3S. The molecule has 1 aromatic heterocycles. The second-order valence-electron chi connectivity index (χ2n) is 7.62. The molecule has 158 valence electrons. The Balaban J connectivity index is 1.70. The third kappa shape index (κ3) is 5.07. The summed E-state index contributed by atoms with van der Waals surface area (Å²) in [4.78, 5) is 12.6. The van der Waals surface area contributed by atoms with E-state index in [1.807, 2.05) is 24.3 Å². The molecule has 7 nitrogen and oxygen atoms in total. The maximum atomic E-state index is 13.1. The number of aromatic nitrogens is 2. The van der Waals surface area contributed by atoms with Gasteiger partial charge in [0.2, 0.25) is 15.9 Å². The molecule has 0 bridgehead atoms. The maximum absolute atomic E-state index is 13.1. The van der Waals surface area contributed by atoms with E-state index in [1.54, 1.807) is 22.8 Å². The van der Waals surface area contributed by atoms with Gasteiger partial charge in [-0.3, -0.25) is 9.48 Å². The minimum absolute atomic E-state index is 0.148. The summed E-state index contributed by atoms with van der Waals surface area (Å²) < 4.78 is 30.4. The van der Waals surface area contributed by atoms with Gasteiger partial charge in [0.1, 0.15) is 4.90 Å². The molecule has 2 aromatic rings. The van der Waals surface area contributed by atoms with Crippen LogP contribution in [-0.2, 0) is 21.4 Å². The summed E-state index contributed by atoms with van der Waals surface area (Å²) in [6.07, 6.45) is 1.96. The standard InChI is InChI=1S/C20H27BrN4O3S/c1-14-7-10-24(11-8-14)29(27,28)20-15(2)23-25(16(20)3)12-9-19(26)22-18-6-4-5-17(21)13-18/h4-6,13-14H,7-12H2,1-3H3,(H,22,26). The van der Waals surface area contributed by atoms with Gasteiger partial charge >= 0.3 is 0 Å². The van der Waals surface area contributed by atoms with Gasteiger partial charge in [-0.2, -0.15) is 9.40 Å². The van der Waals surface area contributed by atoms with Crippen molar-refractivity contribution in [2.24, 2.45) is 5.92 Å². The average Bonchev–Trinajstić information content (AvgIpc) is 2.94. The van der Waals surface area contributed by atoms with Gasteiger partial charge in [-0.1, -0.05) is 28.9 Å². The van der Waals surface area contributed by atoms with E-state index in [0.717, 1.165) is 17.3 Å². The Morgan fingerprint density at radius 2 is 1.97 bits per heavy atom.